The maximum absolute atomic E-state index is 12.7. The van der Waals surface area contributed by atoms with Crippen LogP contribution in [0.3, 0.4) is 0 Å². The minimum Gasteiger partial charge on any atom is -0.339 e. The second-order valence-corrected chi connectivity index (χ2v) is 6.74. The van der Waals surface area contributed by atoms with E-state index in [1.54, 1.807) is 0 Å². The van der Waals surface area contributed by atoms with Gasteiger partial charge in [-0.2, -0.15) is 4.98 Å². The van der Waals surface area contributed by atoms with Crippen molar-refractivity contribution >= 4 is 5.91 Å². The second-order valence-electron chi connectivity index (χ2n) is 6.74. The first kappa shape index (κ1) is 16.4. The summed E-state index contributed by atoms with van der Waals surface area (Å²) >= 11 is 0. The lowest BCUT2D eigenvalue weighted by atomic mass is 9.81. The molecule has 0 bridgehead atoms. The fourth-order valence-corrected chi connectivity index (χ4v) is 3.52. The molecule has 1 saturated carbocycles. The molecule has 1 amide bonds. The van der Waals surface area contributed by atoms with Crippen LogP contribution in [-0.4, -0.2) is 57.6 Å². The first-order chi connectivity index (χ1) is 11.1. The highest BCUT2D eigenvalue weighted by Gasteiger charge is 2.39. The van der Waals surface area contributed by atoms with E-state index in [4.69, 9.17) is 10.3 Å². The minimum absolute atomic E-state index is 0.143. The predicted molar refractivity (Wildman–Crippen MR) is 85.5 cm³/mol. The first-order valence-corrected chi connectivity index (χ1v) is 8.73. The van der Waals surface area contributed by atoms with Crippen molar-refractivity contribution in [2.24, 2.45) is 5.73 Å². The Morgan fingerprint density at radius 3 is 2.52 bits per heavy atom. The zero-order valence-electron chi connectivity index (χ0n) is 14.0. The largest absolute Gasteiger partial charge is 0.339 e. The average Bonchev–Trinajstić information content (AvgIpc) is 3.03. The second kappa shape index (κ2) is 6.97. The molecule has 2 fully saturated rings. The fraction of sp³-hybridized carbons (Fsp3) is 0.812. The van der Waals surface area contributed by atoms with Gasteiger partial charge in [-0.1, -0.05) is 31.3 Å². The summed E-state index contributed by atoms with van der Waals surface area (Å²) in [5.74, 6) is 1.55. The summed E-state index contributed by atoms with van der Waals surface area (Å²) in [6, 6.07) is 0. The Balaban J connectivity index is 1.50. The van der Waals surface area contributed by atoms with Crippen molar-refractivity contribution in [3.63, 3.8) is 0 Å². The normalized spacial score (nSPS) is 22.3. The maximum atomic E-state index is 12.7. The predicted octanol–water partition coefficient (Wildman–Crippen LogP) is 0.938. The van der Waals surface area contributed by atoms with Gasteiger partial charge in [0.1, 0.15) is 0 Å². The van der Waals surface area contributed by atoms with Gasteiger partial charge < -0.3 is 15.2 Å². The van der Waals surface area contributed by atoms with Crippen molar-refractivity contribution in [2.45, 2.75) is 57.5 Å². The summed E-state index contributed by atoms with van der Waals surface area (Å²) in [4.78, 5) is 21.3. The van der Waals surface area contributed by atoms with Crippen molar-refractivity contribution in [1.29, 1.82) is 0 Å². The number of hydrogen-bond donors (Lipinski definition) is 1. The quantitative estimate of drug-likeness (QED) is 0.888. The van der Waals surface area contributed by atoms with Crippen molar-refractivity contribution in [3.05, 3.63) is 11.7 Å². The van der Waals surface area contributed by atoms with Crippen molar-refractivity contribution in [1.82, 2.24) is 19.9 Å². The highest BCUT2D eigenvalue weighted by molar-refractivity contribution is 5.86. The van der Waals surface area contributed by atoms with E-state index >= 15 is 0 Å². The third kappa shape index (κ3) is 3.72. The van der Waals surface area contributed by atoms with E-state index in [2.05, 4.69) is 15.0 Å². The van der Waals surface area contributed by atoms with Gasteiger partial charge in [0.25, 0.3) is 0 Å². The molecule has 1 aromatic heterocycles. The van der Waals surface area contributed by atoms with Crippen LogP contribution in [0.4, 0.5) is 0 Å². The maximum Gasteiger partial charge on any atom is 0.242 e. The van der Waals surface area contributed by atoms with Gasteiger partial charge in [-0.25, -0.2) is 0 Å². The van der Waals surface area contributed by atoms with Crippen LogP contribution in [0, 0.1) is 0 Å². The number of carbonyl (C=O) groups is 1. The molecule has 1 aromatic rings. The molecule has 0 atom stereocenters. The lowest BCUT2D eigenvalue weighted by Crippen LogP contribution is -2.60. The SMILES string of the molecule is CCc1nc(CN2CCN(C(=O)C3(N)CCCCC3)CC2)no1. The Bertz CT molecular complexity index is 530. The van der Waals surface area contributed by atoms with Crippen LogP contribution in [-0.2, 0) is 17.8 Å². The number of aryl methyl sites for hydroxylation is 1. The third-order valence-electron chi connectivity index (χ3n) is 5.01. The number of nitrogens with two attached hydrogens (primary N) is 1. The summed E-state index contributed by atoms with van der Waals surface area (Å²) in [6.45, 7) is 5.80. The van der Waals surface area contributed by atoms with Crippen molar-refractivity contribution in [2.75, 3.05) is 26.2 Å². The van der Waals surface area contributed by atoms with E-state index in [0.717, 1.165) is 64.1 Å². The molecule has 7 heteroatoms. The Labute approximate surface area is 137 Å². The van der Waals surface area contributed by atoms with E-state index in [-0.39, 0.29) is 5.91 Å². The van der Waals surface area contributed by atoms with E-state index in [1.165, 1.54) is 6.42 Å². The zero-order valence-corrected chi connectivity index (χ0v) is 14.0. The molecule has 3 rings (SSSR count). The van der Waals surface area contributed by atoms with Crippen LogP contribution in [0.5, 0.6) is 0 Å². The van der Waals surface area contributed by atoms with Gasteiger partial charge >= 0.3 is 0 Å². The molecule has 2 N–H and O–H groups in total. The molecule has 0 unspecified atom stereocenters. The summed E-state index contributed by atoms with van der Waals surface area (Å²) in [6.07, 6.45) is 5.75. The Morgan fingerprint density at radius 1 is 1.22 bits per heavy atom. The van der Waals surface area contributed by atoms with Crippen molar-refractivity contribution in [3.8, 4) is 0 Å². The number of rotatable bonds is 4. The van der Waals surface area contributed by atoms with Gasteiger partial charge in [-0.3, -0.25) is 9.69 Å². The number of carbonyl (C=O) groups excluding carboxylic acids is 1. The van der Waals surface area contributed by atoms with Crippen LogP contribution in [0.15, 0.2) is 4.52 Å². The molecule has 128 valence electrons. The molecule has 1 aliphatic carbocycles. The van der Waals surface area contributed by atoms with Gasteiger partial charge in [0, 0.05) is 32.6 Å². The van der Waals surface area contributed by atoms with Crippen LogP contribution < -0.4 is 5.73 Å². The van der Waals surface area contributed by atoms with Crippen LogP contribution in [0.2, 0.25) is 0 Å². The van der Waals surface area contributed by atoms with Crippen LogP contribution >= 0.6 is 0 Å². The highest BCUT2D eigenvalue weighted by Crippen LogP contribution is 2.28. The lowest BCUT2D eigenvalue weighted by molar-refractivity contribution is -0.140. The number of nitrogens with zero attached hydrogens (tertiary/aromatic N) is 4. The van der Waals surface area contributed by atoms with E-state index < -0.39 is 5.54 Å². The van der Waals surface area contributed by atoms with Gasteiger partial charge in [0.05, 0.1) is 12.1 Å². The monoisotopic (exact) mass is 321 g/mol. The first-order valence-electron chi connectivity index (χ1n) is 8.73. The zero-order chi connectivity index (χ0) is 16.3. The molecule has 2 heterocycles. The van der Waals surface area contributed by atoms with Crippen molar-refractivity contribution < 1.29 is 9.32 Å². The lowest BCUT2D eigenvalue weighted by Gasteiger charge is -2.40. The summed E-state index contributed by atoms with van der Waals surface area (Å²) in [7, 11) is 0. The smallest absolute Gasteiger partial charge is 0.242 e. The molecular weight excluding hydrogens is 294 g/mol. The Hall–Kier alpha value is -1.47. The Kier molecular flexibility index (Phi) is 4.96. The topological polar surface area (TPSA) is 88.5 Å². The van der Waals surface area contributed by atoms with Crippen LogP contribution in [0.25, 0.3) is 0 Å². The fourth-order valence-electron chi connectivity index (χ4n) is 3.52. The van der Waals surface area contributed by atoms with Gasteiger partial charge in [-0.15, -0.1) is 0 Å². The molecule has 2 aliphatic rings. The molecule has 1 saturated heterocycles. The third-order valence-corrected chi connectivity index (χ3v) is 5.01. The number of piperazine rings is 1. The average molecular weight is 321 g/mol. The van der Waals surface area contributed by atoms with E-state index in [1.807, 2.05) is 11.8 Å². The molecular formula is C16H27N5O2. The number of aromatic nitrogens is 2. The minimum atomic E-state index is -0.621. The standard InChI is InChI=1S/C16H27N5O2/c1-2-14-18-13(19-23-14)12-20-8-10-21(11-9-20)15(22)16(17)6-4-3-5-7-16/h2-12,17H2,1H3. The molecule has 0 aromatic carbocycles. The number of amides is 1. The van der Waals surface area contributed by atoms with Gasteiger partial charge in [0.15, 0.2) is 5.82 Å². The Morgan fingerprint density at radius 2 is 1.91 bits per heavy atom. The molecule has 0 radical (unpaired) electrons. The summed E-state index contributed by atoms with van der Waals surface area (Å²) in [5, 5.41) is 3.99. The number of hydrogen-bond acceptors (Lipinski definition) is 6. The molecule has 0 spiro atoms. The van der Waals surface area contributed by atoms with Gasteiger partial charge in [0.2, 0.25) is 11.8 Å². The summed E-state index contributed by atoms with van der Waals surface area (Å²) in [5.41, 5.74) is 5.75. The molecule has 1 aliphatic heterocycles. The van der Waals surface area contributed by atoms with E-state index in [9.17, 15) is 4.79 Å². The molecule has 7 nitrogen and oxygen atoms in total. The summed E-state index contributed by atoms with van der Waals surface area (Å²) < 4.78 is 5.14. The molecule has 23 heavy (non-hydrogen) atoms. The van der Waals surface area contributed by atoms with Gasteiger partial charge in [-0.05, 0) is 12.8 Å². The van der Waals surface area contributed by atoms with Crippen LogP contribution in [0.1, 0.15) is 50.7 Å². The van der Waals surface area contributed by atoms with E-state index in [0.29, 0.717) is 12.4 Å². The highest BCUT2D eigenvalue weighted by atomic mass is 16.5.